The Bertz CT molecular complexity index is 7600. The van der Waals surface area contributed by atoms with E-state index in [1.165, 1.54) is 46.9 Å². The molecule has 0 atom stereocenters. The number of aliphatic imine (C=N–C) groups is 8. The van der Waals surface area contributed by atoms with Crippen molar-refractivity contribution in [1.82, 2.24) is 49.8 Å². The summed E-state index contributed by atoms with van der Waals surface area (Å²) in [7, 11) is 7.82. The number of halogens is 1. The Labute approximate surface area is 813 Å². The summed E-state index contributed by atoms with van der Waals surface area (Å²) in [5.41, 5.74) is 19.1. The van der Waals surface area contributed by atoms with Gasteiger partial charge in [0.1, 0.15) is 16.7 Å². The number of nitrogens with zero attached hydrogens (tertiary/aromatic N) is 10. The van der Waals surface area contributed by atoms with Crippen LogP contribution in [0.25, 0.3) is 76.5 Å². The summed E-state index contributed by atoms with van der Waals surface area (Å²) in [6.07, 6.45) is 62.6. The first-order valence-corrected chi connectivity index (χ1v) is 42.7. The zero-order valence-corrected chi connectivity index (χ0v) is 78.9. The molecule has 18 rings (SSSR count). The maximum Gasteiger partial charge on any atom is 3.00 e. The second-order valence-corrected chi connectivity index (χ2v) is 29.5. The van der Waals surface area contributed by atoms with E-state index in [-0.39, 0.29) is 46.9 Å². The summed E-state index contributed by atoms with van der Waals surface area (Å²) in [6, 6.07) is 38.5. The first kappa shape index (κ1) is 102. The van der Waals surface area contributed by atoms with Crippen LogP contribution in [-0.4, -0.2) is 172 Å². The number of hydrogen-bond acceptors (Lipinski definition) is 21. The van der Waals surface area contributed by atoms with Crippen molar-refractivity contribution in [2.45, 2.75) is 34.1 Å². The van der Waals surface area contributed by atoms with Crippen LogP contribution in [0.5, 0.6) is 0 Å². The van der Waals surface area contributed by atoms with E-state index in [2.05, 4.69) is 131 Å². The topological polar surface area (TPSA) is 428 Å². The van der Waals surface area contributed by atoms with Crippen LogP contribution in [0.2, 0.25) is 0 Å². The average Bonchev–Trinajstić information content (AvgIpc) is 1.67. The first-order chi connectivity index (χ1) is 66.8. The molecule has 0 fully saturated rings. The summed E-state index contributed by atoms with van der Waals surface area (Å²) in [5.74, 6) is -3.27. The standard InChI is InChI=1S/C25H22N4O4.C25H21N4O4.C23H20N4O2.C21H18N4.C9H10N2.C3H4O3.ClH.Mn/c2*1-4-15-7-10-20(27-15)23(25(31)33-3)21-12-9-17(29-21)14-16-8-11-19(28-16)22(24(30)32-2)18-6-5-13-26-18;1-3-15-8-10-20(26-15)22(23(28)29-2)21-11-9-19(27-21)14-18-7-6-17(25-18)13-16-5-4-12-24-16;1-2-15-5-6-18(23-15)13-19-9-10-21(25-19)14-20-8-7-17(24-20)12-16-4-3-11-22-16;1-3-8(10-5-1)7-9-4-2-6-11-9;1-6-3(5)2-4;;/h4-14,28-29H,1-3H3;4-14H,1-3H3,(H-,26,27,28,29,30,31);3-14,25,27H,1-2H3;2-14,24-25H,1H3;1-6,10-11H,7H2;2H,1H3;1H;/q;-1;;;;;;+3/p-2/b15-4-,17-14-,22-18+,23-21?;15-4-;15-3-,16-13-,19-14-,22-21?;15-2-,16-12-,19-13?,21-14-;;;;. The molecule has 0 aromatic carbocycles. The van der Waals surface area contributed by atoms with Gasteiger partial charge in [-0.3, -0.25) is 24.8 Å². The van der Waals surface area contributed by atoms with Crippen molar-refractivity contribution in [3.05, 3.63) is 394 Å². The minimum Gasteiger partial charge on any atom is -1.00 e. The maximum absolute atomic E-state index is 12.5. The number of nitrogens with one attached hydrogen (secondary N) is 8. The Hall–Kier alpha value is -17.7. The summed E-state index contributed by atoms with van der Waals surface area (Å²) >= 11 is 0. The fraction of sp³-hybridized carbons (Fsp3) is 0.104. The number of ether oxygens (including phenoxy) is 6. The zero-order chi connectivity index (χ0) is 96.5. The summed E-state index contributed by atoms with van der Waals surface area (Å²) in [4.78, 5) is 151. The molecule has 700 valence electrons. The number of hydrogen-bond donors (Lipinski definition) is 8. The van der Waals surface area contributed by atoms with Gasteiger partial charge in [-0.25, -0.2) is 48.7 Å². The number of aromatic amines is 8. The van der Waals surface area contributed by atoms with Gasteiger partial charge in [0, 0.05) is 105 Å². The molecule has 0 bridgehead atoms. The predicted octanol–water partition coefficient (Wildman–Crippen LogP) is 6.77. The Morgan fingerprint density at radius 3 is 1.23 bits per heavy atom. The van der Waals surface area contributed by atoms with Crippen molar-refractivity contribution in [2.75, 3.05) is 42.7 Å². The molecule has 0 unspecified atom stereocenters. The van der Waals surface area contributed by atoms with E-state index in [0.29, 0.717) is 84.1 Å². The Kier molecular flexibility index (Phi) is 36.9. The van der Waals surface area contributed by atoms with Crippen LogP contribution in [-0.2, 0) is 85.5 Å². The second kappa shape index (κ2) is 50.4. The van der Waals surface area contributed by atoms with Gasteiger partial charge in [0.05, 0.1) is 139 Å². The number of allylic oxidation sites excluding steroid dienone is 19. The van der Waals surface area contributed by atoms with Crippen LogP contribution in [0.3, 0.4) is 0 Å². The summed E-state index contributed by atoms with van der Waals surface area (Å²) < 4.78 is 28.6. The number of aldehydes is 1. The molecule has 8 aliphatic rings. The molecule has 8 N–H and O–H groups in total. The number of rotatable bonds is 20. The Balaban J connectivity index is 0.000000167. The van der Waals surface area contributed by atoms with Crippen molar-refractivity contribution < 1.29 is 91.5 Å². The molecule has 0 spiro atoms. The van der Waals surface area contributed by atoms with Crippen LogP contribution < -0.4 is 65.2 Å². The normalized spacial score (nSPS) is 17.8. The smallest absolute Gasteiger partial charge is 1.00 e. The molecule has 0 radical (unpaired) electrons. The molecule has 139 heavy (non-hydrogen) atoms. The van der Waals surface area contributed by atoms with Gasteiger partial charge in [-0.1, -0.05) is 48.6 Å². The van der Waals surface area contributed by atoms with Crippen molar-refractivity contribution in [3.8, 4) is 0 Å². The third-order valence-corrected chi connectivity index (χ3v) is 20.4. The molecule has 0 amide bonds. The third-order valence-electron chi connectivity index (χ3n) is 20.4. The largest absolute Gasteiger partial charge is 3.00 e. The van der Waals surface area contributed by atoms with E-state index in [0.717, 1.165) is 103 Å². The van der Waals surface area contributed by atoms with E-state index < -0.39 is 35.8 Å². The number of methoxy groups -OCH3 is 6. The fourth-order valence-electron chi connectivity index (χ4n) is 13.9. The van der Waals surface area contributed by atoms with E-state index >= 15 is 0 Å². The van der Waals surface area contributed by atoms with Crippen LogP contribution in [0.15, 0.2) is 335 Å². The molecule has 33 heteroatoms. The van der Waals surface area contributed by atoms with Gasteiger partial charge >= 0.3 is 52.9 Å². The number of aromatic nitrogens is 10. The molecule has 8 aliphatic heterocycles. The van der Waals surface area contributed by atoms with Gasteiger partial charge < -0.3 is 90.7 Å². The predicted molar refractivity (Wildman–Crippen MR) is 535 cm³/mol. The quantitative estimate of drug-likeness (QED) is 0.00974. The zero-order valence-electron chi connectivity index (χ0n) is 76.9. The van der Waals surface area contributed by atoms with Crippen LogP contribution in [0, 0.1) is 0 Å². The Morgan fingerprint density at radius 2 is 0.784 bits per heavy atom. The monoisotopic (exact) mass is 1920 g/mol. The van der Waals surface area contributed by atoms with Gasteiger partial charge in [-0.05, 0) is 258 Å². The van der Waals surface area contributed by atoms with Gasteiger partial charge in [-0.2, -0.15) is 0 Å². The van der Waals surface area contributed by atoms with Crippen molar-refractivity contribution in [2.24, 2.45) is 39.9 Å². The molecule has 10 aromatic heterocycles. The number of H-pyrrole nitrogens is 8. The maximum atomic E-state index is 12.5. The molecule has 31 nitrogen and oxygen atoms in total. The van der Waals surface area contributed by atoms with E-state index in [9.17, 15) is 33.6 Å². The average molecular weight is 1920 g/mol. The van der Waals surface area contributed by atoms with Crippen molar-refractivity contribution in [1.29, 1.82) is 0 Å². The molecule has 0 saturated heterocycles. The number of carbonyl (C=O) groups excluding carboxylic acids is 7. The van der Waals surface area contributed by atoms with Gasteiger partial charge in [0.25, 0.3) is 0 Å². The SMILES string of the molecule is C/C=C1/C=CC(C(C(=O)OC)=c2cc/c(=C/c3ccc(/C(C(=O)OC)=C4/C=CC=N4)[nH]3)[nH]2)=N1.C/C=C1/C=CC(C(C(=O)OC)=c2cc/c(=C/c3ccc(/C=C4/C=CC=N4)[nH]3)[nH]2)=N1.C/C=C1/C=CC(C=c2cc/c(=C/c3ccc(/C=C4/C=CC=N4)[nH]3)[nH]2)=N1.C/C=c1/ccc(=C(C(=O)OC)C2=NC(=Cc3ccc(C(C(=O)OC)=C4C=CC=N4)[n-]3)C=C2)[n-]1.COC(=O)C=O.[Cl-].[Mn+3].c1c[nH]c(Cc2ccc[nH]2)c1. The van der Waals surface area contributed by atoms with Crippen LogP contribution in [0.4, 0.5) is 0 Å². The van der Waals surface area contributed by atoms with Gasteiger partial charge in [0.15, 0.2) is 0 Å². The molecule has 0 saturated carbocycles. The number of esters is 6. The minimum absolute atomic E-state index is 0. The molecular formula is C106H94ClMnN18O13. The van der Waals surface area contributed by atoms with Crippen molar-refractivity contribution in [3.63, 3.8) is 0 Å². The Morgan fingerprint density at radius 1 is 0.353 bits per heavy atom. The van der Waals surface area contributed by atoms with Crippen LogP contribution >= 0.6 is 0 Å². The molecule has 0 aliphatic carbocycles. The van der Waals surface area contributed by atoms with E-state index in [1.807, 2.05) is 210 Å². The molecule has 18 heterocycles. The second-order valence-electron chi connectivity index (χ2n) is 29.5. The van der Waals surface area contributed by atoms with E-state index in [4.69, 9.17) is 23.7 Å². The molecule has 10 aromatic rings. The minimum atomic E-state index is -0.838. The summed E-state index contributed by atoms with van der Waals surface area (Å²) in [6.45, 7) is 7.65. The first-order valence-electron chi connectivity index (χ1n) is 42.7. The van der Waals surface area contributed by atoms with Crippen molar-refractivity contribution >= 4 is 166 Å². The molecular weight excluding hydrogens is 1820 g/mol. The third kappa shape index (κ3) is 27.7. The summed E-state index contributed by atoms with van der Waals surface area (Å²) in [5, 5.41) is 6.18. The fourth-order valence-corrected chi connectivity index (χ4v) is 13.9. The van der Waals surface area contributed by atoms with Crippen LogP contribution in [0.1, 0.15) is 84.6 Å². The van der Waals surface area contributed by atoms with Gasteiger partial charge in [-0.15, -0.1) is 28.2 Å². The van der Waals surface area contributed by atoms with E-state index in [1.54, 1.807) is 104 Å². The van der Waals surface area contributed by atoms with Gasteiger partial charge in [0.2, 0.25) is 6.29 Å². The number of carbonyl (C=O) groups is 7.